The van der Waals surface area contributed by atoms with Gasteiger partial charge in [-0.15, -0.1) is 0 Å². The Morgan fingerprint density at radius 3 is 2.82 bits per heavy atom. The second-order valence-corrected chi connectivity index (χ2v) is 7.64. The van der Waals surface area contributed by atoms with Crippen LogP contribution in [0.25, 0.3) is 0 Å². The van der Waals surface area contributed by atoms with Crippen LogP contribution in [-0.2, 0) is 16.7 Å². The zero-order valence-corrected chi connectivity index (χ0v) is 13.8. The van der Waals surface area contributed by atoms with Gasteiger partial charge in [0.05, 0.1) is 6.61 Å². The Morgan fingerprint density at radius 2 is 2.05 bits per heavy atom. The molecule has 3 heteroatoms. The van der Waals surface area contributed by atoms with Gasteiger partial charge in [-0.05, 0) is 56.4 Å². The van der Waals surface area contributed by atoms with Crippen molar-refractivity contribution in [3.05, 3.63) is 35.4 Å². The summed E-state index contributed by atoms with van der Waals surface area (Å²) in [6.45, 7) is 7.98. The minimum absolute atomic E-state index is 0.390. The van der Waals surface area contributed by atoms with Gasteiger partial charge >= 0.3 is 0 Å². The van der Waals surface area contributed by atoms with Gasteiger partial charge in [0.25, 0.3) is 0 Å². The molecule has 3 nitrogen and oxygen atoms in total. The molecule has 120 valence electrons. The van der Waals surface area contributed by atoms with E-state index in [1.54, 1.807) is 11.1 Å². The smallest absolute Gasteiger partial charge is 0.0507 e. The van der Waals surface area contributed by atoms with Crippen molar-refractivity contribution in [1.29, 1.82) is 0 Å². The van der Waals surface area contributed by atoms with Crippen LogP contribution in [0.3, 0.4) is 0 Å². The van der Waals surface area contributed by atoms with Crippen LogP contribution in [0.15, 0.2) is 24.3 Å². The monoisotopic (exact) mass is 300 g/mol. The first-order valence-corrected chi connectivity index (χ1v) is 8.82. The van der Waals surface area contributed by atoms with Gasteiger partial charge in [-0.1, -0.05) is 24.3 Å². The molecule has 1 aromatic rings. The van der Waals surface area contributed by atoms with Gasteiger partial charge in [0, 0.05) is 31.7 Å². The van der Waals surface area contributed by atoms with Crippen molar-refractivity contribution < 1.29 is 4.74 Å². The number of nitrogens with zero attached hydrogens (tertiary/aromatic N) is 2. The van der Waals surface area contributed by atoms with Crippen LogP contribution in [0.2, 0.25) is 0 Å². The van der Waals surface area contributed by atoms with Gasteiger partial charge < -0.3 is 9.64 Å². The highest BCUT2D eigenvalue weighted by molar-refractivity contribution is 5.37. The van der Waals surface area contributed by atoms with Gasteiger partial charge in [0.2, 0.25) is 0 Å². The van der Waals surface area contributed by atoms with Crippen LogP contribution in [-0.4, -0.2) is 56.2 Å². The molecule has 22 heavy (non-hydrogen) atoms. The lowest BCUT2D eigenvalue weighted by atomic mass is 9.69. The first-order chi connectivity index (χ1) is 10.8. The third kappa shape index (κ3) is 2.70. The average Bonchev–Trinajstić information content (AvgIpc) is 3.03. The molecule has 3 aliphatic heterocycles. The van der Waals surface area contributed by atoms with E-state index in [0.717, 1.165) is 25.7 Å². The molecule has 2 fully saturated rings. The molecular formula is C19H28N2O. The van der Waals surface area contributed by atoms with Gasteiger partial charge in [0.15, 0.2) is 0 Å². The summed E-state index contributed by atoms with van der Waals surface area (Å²) in [7, 11) is 2.26. The quantitative estimate of drug-likeness (QED) is 0.834. The lowest BCUT2D eigenvalue weighted by Crippen LogP contribution is -2.52. The largest absolute Gasteiger partial charge is 0.381 e. The molecule has 0 aliphatic carbocycles. The number of rotatable bonds is 2. The van der Waals surface area contributed by atoms with E-state index in [4.69, 9.17) is 4.74 Å². The Bertz CT molecular complexity index is 516. The lowest BCUT2D eigenvalue weighted by Gasteiger charge is -2.48. The third-order valence-electron chi connectivity index (χ3n) is 5.99. The minimum atomic E-state index is 0.390. The number of ether oxygens (including phenoxy) is 1. The molecule has 1 spiro atoms. The van der Waals surface area contributed by atoms with E-state index in [2.05, 4.69) is 41.1 Å². The maximum Gasteiger partial charge on any atom is 0.0507 e. The van der Waals surface area contributed by atoms with Crippen molar-refractivity contribution in [1.82, 2.24) is 9.80 Å². The van der Waals surface area contributed by atoms with E-state index >= 15 is 0 Å². The van der Waals surface area contributed by atoms with Crippen molar-refractivity contribution in [2.75, 3.05) is 46.4 Å². The van der Waals surface area contributed by atoms with Crippen LogP contribution >= 0.6 is 0 Å². The Balaban J connectivity index is 1.59. The summed E-state index contributed by atoms with van der Waals surface area (Å²) >= 11 is 0. The maximum atomic E-state index is 5.59. The average molecular weight is 300 g/mol. The number of likely N-dealkylation sites (tertiary alicyclic amines) is 1. The van der Waals surface area contributed by atoms with E-state index < -0.39 is 0 Å². The van der Waals surface area contributed by atoms with Gasteiger partial charge in [-0.2, -0.15) is 0 Å². The summed E-state index contributed by atoms with van der Waals surface area (Å²) in [6.07, 6.45) is 3.85. The summed E-state index contributed by atoms with van der Waals surface area (Å²) in [6, 6.07) is 9.20. The van der Waals surface area contributed by atoms with E-state index in [9.17, 15) is 0 Å². The van der Waals surface area contributed by atoms with Crippen LogP contribution in [0.1, 0.15) is 30.4 Å². The number of hydrogen-bond donors (Lipinski definition) is 0. The maximum absolute atomic E-state index is 5.59. The van der Waals surface area contributed by atoms with Crippen molar-refractivity contribution in [2.45, 2.75) is 31.2 Å². The Morgan fingerprint density at radius 1 is 1.23 bits per heavy atom. The van der Waals surface area contributed by atoms with Crippen molar-refractivity contribution in [3.8, 4) is 0 Å². The zero-order valence-electron chi connectivity index (χ0n) is 13.8. The predicted octanol–water partition coefficient (Wildman–Crippen LogP) is 2.50. The van der Waals surface area contributed by atoms with E-state index in [-0.39, 0.29) is 0 Å². The topological polar surface area (TPSA) is 15.7 Å². The van der Waals surface area contributed by atoms with Crippen LogP contribution in [0.4, 0.5) is 0 Å². The zero-order chi connectivity index (χ0) is 15.0. The standard InChI is InChI=1S/C19H28N2O/c1-20-9-7-19(8-10-20)15-21(12-16-6-11-22-14-16)13-17-4-2-3-5-18(17)19/h2-5,16H,6-15H2,1H3. The van der Waals surface area contributed by atoms with Crippen molar-refractivity contribution >= 4 is 0 Å². The van der Waals surface area contributed by atoms with Gasteiger partial charge in [0.1, 0.15) is 0 Å². The summed E-state index contributed by atoms with van der Waals surface area (Å²) in [5.74, 6) is 0.744. The SMILES string of the molecule is CN1CCC2(CC1)CN(CC1CCOC1)Cc1ccccc12. The third-order valence-corrected chi connectivity index (χ3v) is 5.99. The van der Waals surface area contributed by atoms with E-state index in [1.165, 1.54) is 45.4 Å². The summed E-state index contributed by atoms with van der Waals surface area (Å²) in [5.41, 5.74) is 3.60. The normalized spacial score (nSPS) is 28.9. The van der Waals surface area contributed by atoms with Crippen molar-refractivity contribution in [3.63, 3.8) is 0 Å². The molecule has 3 heterocycles. The summed E-state index contributed by atoms with van der Waals surface area (Å²) in [4.78, 5) is 5.20. The number of hydrogen-bond acceptors (Lipinski definition) is 3. The second kappa shape index (κ2) is 5.95. The Labute approximate surface area is 134 Å². The first kappa shape index (κ1) is 14.7. The fraction of sp³-hybridized carbons (Fsp3) is 0.684. The predicted molar refractivity (Wildman–Crippen MR) is 89.1 cm³/mol. The molecule has 0 N–H and O–H groups in total. The fourth-order valence-corrected chi connectivity index (χ4v) is 4.68. The number of fused-ring (bicyclic) bond motifs is 2. The van der Waals surface area contributed by atoms with E-state index in [0.29, 0.717) is 5.41 Å². The molecule has 0 bridgehead atoms. The summed E-state index contributed by atoms with van der Waals surface area (Å²) < 4.78 is 5.59. The highest BCUT2D eigenvalue weighted by atomic mass is 16.5. The fourth-order valence-electron chi connectivity index (χ4n) is 4.68. The number of piperidine rings is 1. The highest BCUT2D eigenvalue weighted by Crippen LogP contribution is 2.41. The van der Waals surface area contributed by atoms with Crippen LogP contribution < -0.4 is 0 Å². The Hall–Kier alpha value is -0.900. The highest BCUT2D eigenvalue weighted by Gasteiger charge is 2.41. The first-order valence-electron chi connectivity index (χ1n) is 8.82. The molecule has 1 atom stereocenters. The molecule has 4 rings (SSSR count). The lowest BCUT2D eigenvalue weighted by molar-refractivity contribution is 0.0942. The molecule has 0 aromatic heterocycles. The van der Waals surface area contributed by atoms with Crippen molar-refractivity contribution in [2.24, 2.45) is 5.92 Å². The molecule has 1 unspecified atom stereocenters. The van der Waals surface area contributed by atoms with Gasteiger partial charge in [-0.3, -0.25) is 4.90 Å². The number of benzene rings is 1. The van der Waals surface area contributed by atoms with Gasteiger partial charge in [-0.25, -0.2) is 0 Å². The minimum Gasteiger partial charge on any atom is -0.381 e. The van der Waals surface area contributed by atoms with Crippen LogP contribution in [0.5, 0.6) is 0 Å². The second-order valence-electron chi connectivity index (χ2n) is 7.64. The summed E-state index contributed by atoms with van der Waals surface area (Å²) in [5, 5.41) is 0. The molecular weight excluding hydrogens is 272 g/mol. The molecule has 2 saturated heterocycles. The van der Waals surface area contributed by atoms with E-state index in [1.807, 2.05) is 0 Å². The molecule has 0 radical (unpaired) electrons. The molecule has 0 saturated carbocycles. The molecule has 1 aromatic carbocycles. The Kier molecular flexibility index (Phi) is 3.97. The molecule has 0 amide bonds. The molecule has 3 aliphatic rings. The van der Waals surface area contributed by atoms with Crippen LogP contribution in [0, 0.1) is 5.92 Å².